The topological polar surface area (TPSA) is 21.3 Å². The highest BCUT2D eigenvalue weighted by atomic mass is 35.5. The van der Waals surface area contributed by atoms with Crippen LogP contribution >= 0.6 is 11.6 Å². The maximum atomic E-state index is 6.42. The van der Waals surface area contributed by atoms with Crippen molar-refractivity contribution in [3.05, 3.63) is 34.9 Å². The number of ether oxygens (including phenoxy) is 1. The van der Waals surface area contributed by atoms with Gasteiger partial charge in [0.2, 0.25) is 0 Å². The molecule has 1 N–H and O–H groups in total. The van der Waals surface area contributed by atoms with Gasteiger partial charge < -0.3 is 10.1 Å². The van der Waals surface area contributed by atoms with Gasteiger partial charge in [0.05, 0.1) is 0 Å². The molecule has 1 aliphatic heterocycles. The summed E-state index contributed by atoms with van der Waals surface area (Å²) < 4.78 is 5.54. The predicted octanol–water partition coefficient (Wildman–Crippen LogP) is 3.63. The molecule has 0 unspecified atom stereocenters. The summed E-state index contributed by atoms with van der Waals surface area (Å²) in [6, 6.07) is 8.25. The second kappa shape index (κ2) is 6.74. The van der Waals surface area contributed by atoms with E-state index in [1.165, 1.54) is 5.56 Å². The molecule has 0 saturated carbocycles. The minimum Gasteiger partial charge on any atom is -0.381 e. The van der Waals surface area contributed by atoms with Crippen molar-refractivity contribution in [3.8, 4) is 0 Å². The molecule has 0 spiro atoms. The highest BCUT2D eigenvalue weighted by molar-refractivity contribution is 6.31. The van der Waals surface area contributed by atoms with E-state index >= 15 is 0 Å². The second-order valence-corrected chi connectivity index (χ2v) is 6.30. The van der Waals surface area contributed by atoms with E-state index in [0.29, 0.717) is 5.92 Å². The molecule has 0 bridgehead atoms. The van der Waals surface area contributed by atoms with Crippen molar-refractivity contribution in [1.29, 1.82) is 0 Å². The summed E-state index contributed by atoms with van der Waals surface area (Å²) in [5, 5.41) is 4.49. The van der Waals surface area contributed by atoms with Crippen LogP contribution in [-0.2, 0) is 10.2 Å². The van der Waals surface area contributed by atoms with Crippen LogP contribution in [0.1, 0.15) is 32.3 Å². The Labute approximate surface area is 121 Å². The molecule has 0 aromatic heterocycles. The highest BCUT2D eigenvalue weighted by Gasteiger charge is 2.35. The molecule has 0 radical (unpaired) electrons. The maximum Gasteiger partial charge on any atom is 0.0475 e. The van der Waals surface area contributed by atoms with Crippen LogP contribution in [-0.4, -0.2) is 26.3 Å². The minimum atomic E-state index is 0.130. The van der Waals surface area contributed by atoms with Gasteiger partial charge in [0.15, 0.2) is 0 Å². The fraction of sp³-hybridized carbons (Fsp3) is 0.625. The van der Waals surface area contributed by atoms with Gasteiger partial charge in [-0.2, -0.15) is 0 Å². The van der Waals surface area contributed by atoms with E-state index in [0.717, 1.165) is 44.2 Å². The second-order valence-electron chi connectivity index (χ2n) is 5.90. The zero-order valence-corrected chi connectivity index (χ0v) is 12.7. The molecule has 0 atom stereocenters. The quantitative estimate of drug-likeness (QED) is 0.890. The van der Waals surface area contributed by atoms with Crippen molar-refractivity contribution in [3.63, 3.8) is 0 Å². The van der Waals surface area contributed by atoms with Crippen LogP contribution < -0.4 is 5.32 Å². The number of hydrogen-bond donors (Lipinski definition) is 1. The lowest BCUT2D eigenvalue weighted by Crippen LogP contribution is -2.43. The fourth-order valence-electron chi connectivity index (χ4n) is 2.79. The summed E-state index contributed by atoms with van der Waals surface area (Å²) in [5.41, 5.74) is 1.40. The smallest absolute Gasteiger partial charge is 0.0475 e. The largest absolute Gasteiger partial charge is 0.381 e. The number of benzene rings is 1. The molecule has 2 nitrogen and oxygen atoms in total. The molecule has 1 aromatic rings. The first-order valence-electron chi connectivity index (χ1n) is 7.17. The monoisotopic (exact) mass is 281 g/mol. The number of rotatable bonds is 5. The summed E-state index contributed by atoms with van der Waals surface area (Å²) in [5.74, 6) is 0.670. The van der Waals surface area contributed by atoms with Gasteiger partial charge in [0.1, 0.15) is 0 Å². The lowest BCUT2D eigenvalue weighted by molar-refractivity contribution is 0.0497. The van der Waals surface area contributed by atoms with E-state index in [4.69, 9.17) is 16.3 Å². The maximum absolute atomic E-state index is 6.42. The first-order valence-corrected chi connectivity index (χ1v) is 7.55. The summed E-state index contributed by atoms with van der Waals surface area (Å²) >= 11 is 6.42. The minimum absolute atomic E-state index is 0.130. The van der Waals surface area contributed by atoms with E-state index in [1.807, 2.05) is 12.1 Å². The van der Waals surface area contributed by atoms with Gasteiger partial charge in [0.25, 0.3) is 0 Å². The van der Waals surface area contributed by atoms with Crippen LogP contribution in [0.25, 0.3) is 0 Å². The van der Waals surface area contributed by atoms with Crippen LogP contribution in [0, 0.1) is 5.92 Å². The van der Waals surface area contributed by atoms with Crippen molar-refractivity contribution in [2.75, 3.05) is 26.3 Å². The van der Waals surface area contributed by atoms with Gasteiger partial charge in [0, 0.05) is 30.2 Å². The molecule has 1 saturated heterocycles. The predicted molar refractivity (Wildman–Crippen MR) is 80.9 cm³/mol. The number of hydrogen-bond acceptors (Lipinski definition) is 2. The average molecular weight is 282 g/mol. The van der Waals surface area contributed by atoms with Crippen molar-refractivity contribution >= 4 is 11.6 Å². The van der Waals surface area contributed by atoms with Gasteiger partial charge in [-0.05, 0) is 36.9 Å². The van der Waals surface area contributed by atoms with Crippen LogP contribution in [0.2, 0.25) is 5.02 Å². The first-order chi connectivity index (χ1) is 9.14. The van der Waals surface area contributed by atoms with E-state index in [-0.39, 0.29) is 5.41 Å². The Hall–Kier alpha value is -0.570. The van der Waals surface area contributed by atoms with Crippen molar-refractivity contribution in [2.24, 2.45) is 5.92 Å². The Bertz CT molecular complexity index is 399. The van der Waals surface area contributed by atoms with Crippen LogP contribution in [0.5, 0.6) is 0 Å². The Balaban J connectivity index is 2.17. The normalized spacial score (nSPS) is 18.7. The van der Waals surface area contributed by atoms with Gasteiger partial charge in [-0.15, -0.1) is 0 Å². The van der Waals surface area contributed by atoms with Crippen LogP contribution in [0.15, 0.2) is 24.3 Å². The molecule has 106 valence electrons. The van der Waals surface area contributed by atoms with Crippen LogP contribution in [0.3, 0.4) is 0 Å². The van der Waals surface area contributed by atoms with Crippen molar-refractivity contribution < 1.29 is 4.74 Å². The molecule has 0 amide bonds. The standard InChI is InChI=1S/C16H24ClNO/c1-13(2)11-18-12-16(7-9-19-10-8-16)14-5-3-4-6-15(14)17/h3-6,13,18H,7-12H2,1-2H3. The molecule has 2 rings (SSSR count). The molecule has 1 aliphatic rings. The van der Waals surface area contributed by atoms with Gasteiger partial charge in [-0.1, -0.05) is 43.6 Å². The molecule has 3 heteroatoms. The Morgan fingerprint density at radius 2 is 1.95 bits per heavy atom. The molecule has 1 fully saturated rings. The zero-order chi connectivity index (χ0) is 13.7. The molecule has 0 aliphatic carbocycles. The van der Waals surface area contributed by atoms with Gasteiger partial charge >= 0.3 is 0 Å². The van der Waals surface area contributed by atoms with E-state index in [9.17, 15) is 0 Å². The van der Waals surface area contributed by atoms with Crippen LogP contribution in [0.4, 0.5) is 0 Å². The van der Waals surface area contributed by atoms with Crippen molar-refractivity contribution in [2.45, 2.75) is 32.1 Å². The van der Waals surface area contributed by atoms with Gasteiger partial charge in [-0.25, -0.2) is 0 Å². The van der Waals surface area contributed by atoms with E-state index in [1.54, 1.807) is 0 Å². The average Bonchev–Trinajstić information content (AvgIpc) is 2.40. The van der Waals surface area contributed by atoms with Crippen molar-refractivity contribution in [1.82, 2.24) is 5.32 Å². The SMILES string of the molecule is CC(C)CNCC1(c2ccccc2Cl)CCOCC1. The highest BCUT2D eigenvalue weighted by Crippen LogP contribution is 2.38. The summed E-state index contributed by atoms with van der Waals surface area (Å²) in [6.45, 7) is 8.16. The third kappa shape index (κ3) is 3.71. The zero-order valence-electron chi connectivity index (χ0n) is 11.9. The molecule has 19 heavy (non-hydrogen) atoms. The lowest BCUT2D eigenvalue weighted by atomic mass is 9.74. The molecule has 1 aromatic carbocycles. The number of halogens is 1. The summed E-state index contributed by atoms with van der Waals surface area (Å²) in [4.78, 5) is 0. The Kier molecular flexibility index (Phi) is 5.26. The Morgan fingerprint density at radius 1 is 1.26 bits per heavy atom. The molecular weight excluding hydrogens is 258 g/mol. The third-order valence-corrected chi connectivity index (χ3v) is 4.24. The van der Waals surface area contributed by atoms with E-state index < -0.39 is 0 Å². The third-order valence-electron chi connectivity index (χ3n) is 3.91. The fourth-order valence-corrected chi connectivity index (χ4v) is 3.13. The number of nitrogens with one attached hydrogen (secondary N) is 1. The Morgan fingerprint density at radius 3 is 2.58 bits per heavy atom. The summed E-state index contributed by atoms with van der Waals surface area (Å²) in [6.07, 6.45) is 2.09. The van der Waals surface area contributed by atoms with E-state index in [2.05, 4.69) is 31.3 Å². The lowest BCUT2D eigenvalue weighted by Gasteiger charge is -2.38. The molecular formula is C16H24ClNO. The summed E-state index contributed by atoms with van der Waals surface area (Å²) in [7, 11) is 0. The van der Waals surface area contributed by atoms with Gasteiger partial charge in [-0.3, -0.25) is 0 Å². The first kappa shape index (κ1) is 14.8. The molecule has 1 heterocycles.